The summed E-state index contributed by atoms with van der Waals surface area (Å²) >= 11 is 0. The van der Waals surface area contributed by atoms with Crippen LogP contribution < -0.4 is 14.5 Å². The van der Waals surface area contributed by atoms with Crippen molar-refractivity contribution in [3.63, 3.8) is 0 Å². The molecule has 122 valence electrons. The van der Waals surface area contributed by atoms with E-state index in [9.17, 15) is 0 Å². The molecule has 3 rings (SSSR count). The normalized spacial score (nSPS) is 14.9. The molecule has 7 nitrogen and oxygen atoms in total. The number of rotatable bonds is 4. The van der Waals surface area contributed by atoms with E-state index < -0.39 is 0 Å². The number of nitrogens with zero attached hydrogens (tertiary/aromatic N) is 6. The summed E-state index contributed by atoms with van der Waals surface area (Å²) in [5.41, 5.74) is 1.81. The highest BCUT2D eigenvalue weighted by Crippen LogP contribution is 2.26. The van der Waals surface area contributed by atoms with E-state index in [1.54, 1.807) is 6.20 Å². The van der Waals surface area contributed by atoms with Gasteiger partial charge in [-0.25, -0.2) is 9.97 Å². The summed E-state index contributed by atoms with van der Waals surface area (Å²) in [5, 5.41) is 8.38. The molecule has 0 saturated carbocycles. The van der Waals surface area contributed by atoms with E-state index in [1.165, 1.54) is 0 Å². The molecule has 1 saturated heterocycles. The first-order valence-electron chi connectivity index (χ1n) is 7.94. The first-order chi connectivity index (χ1) is 11.2. The van der Waals surface area contributed by atoms with Gasteiger partial charge in [0.25, 0.3) is 0 Å². The molecule has 2 aromatic heterocycles. The largest absolute Gasteiger partial charge is 0.490 e. The van der Waals surface area contributed by atoms with Crippen LogP contribution in [0.5, 0.6) is 5.75 Å². The second-order valence-electron chi connectivity index (χ2n) is 5.51. The van der Waals surface area contributed by atoms with Gasteiger partial charge in [0.15, 0.2) is 11.6 Å². The SMILES string of the molecule is CCOc1cccnc1N1CCN(c2nnc(C)c(C)n2)CC1. The van der Waals surface area contributed by atoms with E-state index in [-0.39, 0.29) is 0 Å². The number of hydrogen-bond donors (Lipinski definition) is 0. The van der Waals surface area contributed by atoms with E-state index >= 15 is 0 Å². The fourth-order valence-corrected chi connectivity index (χ4v) is 2.59. The van der Waals surface area contributed by atoms with Crippen LogP contribution >= 0.6 is 0 Å². The first-order valence-corrected chi connectivity index (χ1v) is 7.94. The van der Waals surface area contributed by atoms with Gasteiger partial charge in [-0.1, -0.05) is 0 Å². The molecule has 1 fully saturated rings. The van der Waals surface area contributed by atoms with Gasteiger partial charge in [-0.15, -0.1) is 5.10 Å². The van der Waals surface area contributed by atoms with Crippen molar-refractivity contribution in [3.8, 4) is 5.75 Å². The van der Waals surface area contributed by atoms with Crippen molar-refractivity contribution >= 4 is 11.8 Å². The molecule has 2 aromatic rings. The Hall–Kier alpha value is -2.44. The Morgan fingerprint density at radius 2 is 1.78 bits per heavy atom. The number of hydrogen-bond acceptors (Lipinski definition) is 7. The van der Waals surface area contributed by atoms with Gasteiger partial charge in [-0.3, -0.25) is 0 Å². The lowest BCUT2D eigenvalue weighted by Crippen LogP contribution is -2.47. The zero-order valence-electron chi connectivity index (χ0n) is 13.9. The molecule has 0 amide bonds. The molecule has 3 heterocycles. The second-order valence-corrected chi connectivity index (χ2v) is 5.51. The fraction of sp³-hybridized carbons (Fsp3) is 0.500. The summed E-state index contributed by atoms with van der Waals surface area (Å²) in [7, 11) is 0. The van der Waals surface area contributed by atoms with Crippen molar-refractivity contribution in [1.29, 1.82) is 0 Å². The average molecular weight is 314 g/mol. The minimum absolute atomic E-state index is 0.640. The fourth-order valence-electron chi connectivity index (χ4n) is 2.59. The molecule has 0 spiro atoms. The van der Waals surface area contributed by atoms with Crippen molar-refractivity contribution in [2.45, 2.75) is 20.8 Å². The highest BCUT2D eigenvalue weighted by atomic mass is 16.5. The summed E-state index contributed by atoms with van der Waals surface area (Å²) in [6.07, 6.45) is 1.81. The van der Waals surface area contributed by atoms with E-state index in [2.05, 4.69) is 30.0 Å². The number of aromatic nitrogens is 4. The lowest BCUT2D eigenvalue weighted by Gasteiger charge is -2.35. The minimum Gasteiger partial charge on any atom is -0.490 e. The zero-order chi connectivity index (χ0) is 16.2. The Labute approximate surface area is 136 Å². The lowest BCUT2D eigenvalue weighted by molar-refractivity contribution is 0.338. The van der Waals surface area contributed by atoms with E-state index in [0.717, 1.165) is 49.1 Å². The van der Waals surface area contributed by atoms with Gasteiger partial charge in [0.05, 0.1) is 18.0 Å². The van der Waals surface area contributed by atoms with Gasteiger partial charge in [-0.05, 0) is 32.9 Å². The summed E-state index contributed by atoms with van der Waals surface area (Å²) in [5.74, 6) is 2.46. The lowest BCUT2D eigenvalue weighted by atomic mass is 10.3. The Morgan fingerprint density at radius 1 is 1.04 bits per heavy atom. The molecule has 1 aliphatic heterocycles. The number of aryl methyl sites for hydroxylation is 2. The summed E-state index contributed by atoms with van der Waals surface area (Å²) in [6.45, 7) is 9.90. The summed E-state index contributed by atoms with van der Waals surface area (Å²) in [6, 6.07) is 3.87. The predicted molar refractivity (Wildman–Crippen MR) is 89.1 cm³/mol. The van der Waals surface area contributed by atoms with Crippen LogP contribution in [0.2, 0.25) is 0 Å². The average Bonchev–Trinajstić information content (AvgIpc) is 2.58. The monoisotopic (exact) mass is 314 g/mol. The van der Waals surface area contributed by atoms with E-state index in [1.807, 2.05) is 32.9 Å². The van der Waals surface area contributed by atoms with Gasteiger partial charge >= 0.3 is 0 Å². The molecular formula is C16H22N6O. The highest BCUT2D eigenvalue weighted by molar-refractivity contribution is 5.53. The van der Waals surface area contributed by atoms with Gasteiger partial charge in [0.2, 0.25) is 5.95 Å². The quantitative estimate of drug-likeness (QED) is 0.849. The van der Waals surface area contributed by atoms with Crippen LogP contribution in [0.4, 0.5) is 11.8 Å². The third-order valence-corrected chi connectivity index (χ3v) is 3.99. The number of ether oxygens (including phenoxy) is 1. The smallest absolute Gasteiger partial charge is 0.245 e. The zero-order valence-corrected chi connectivity index (χ0v) is 13.9. The molecule has 23 heavy (non-hydrogen) atoms. The molecule has 0 bridgehead atoms. The van der Waals surface area contributed by atoms with Crippen LogP contribution in [0.3, 0.4) is 0 Å². The number of pyridine rings is 1. The third-order valence-electron chi connectivity index (χ3n) is 3.99. The molecule has 0 N–H and O–H groups in total. The van der Waals surface area contributed by atoms with Crippen LogP contribution in [-0.2, 0) is 0 Å². The van der Waals surface area contributed by atoms with Gasteiger partial charge < -0.3 is 14.5 Å². The summed E-state index contributed by atoms with van der Waals surface area (Å²) in [4.78, 5) is 13.4. The van der Waals surface area contributed by atoms with E-state index in [4.69, 9.17) is 4.74 Å². The van der Waals surface area contributed by atoms with Crippen molar-refractivity contribution in [2.24, 2.45) is 0 Å². The second kappa shape index (κ2) is 6.76. The van der Waals surface area contributed by atoms with Crippen molar-refractivity contribution in [1.82, 2.24) is 20.2 Å². The predicted octanol–water partition coefficient (Wildman–Crippen LogP) is 1.61. The van der Waals surface area contributed by atoms with Crippen LogP contribution in [0.15, 0.2) is 18.3 Å². The first kappa shape index (κ1) is 15.5. The van der Waals surface area contributed by atoms with Crippen LogP contribution in [0.25, 0.3) is 0 Å². The Bertz CT molecular complexity index is 669. The minimum atomic E-state index is 0.640. The van der Waals surface area contributed by atoms with Crippen molar-refractivity contribution in [3.05, 3.63) is 29.7 Å². The van der Waals surface area contributed by atoms with Crippen LogP contribution in [-0.4, -0.2) is 53.0 Å². The van der Waals surface area contributed by atoms with Gasteiger partial charge in [-0.2, -0.15) is 5.10 Å². The molecule has 0 aromatic carbocycles. The molecule has 0 radical (unpaired) electrons. The molecule has 7 heteroatoms. The maximum atomic E-state index is 5.68. The van der Waals surface area contributed by atoms with Gasteiger partial charge in [0.1, 0.15) is 0 Å². The Balaban J connectivity index is 1.70. The van der Waals surface area contributed by atoms with Crippen molar-refractivity contribution in [2.75, 3.05) is 42.6 Å². The van der Waals surface area contributed by atoms with Crippen LogP contribution in [0.1, 0.15) is 18.3 Å². The molecule has 0 atom stereocenters. The Kier molecular flexibility index (Phi) is 4.55. The maximum Gasteiger partial charge on any atom is 0.245 e. The van der Waals surface area contributed by atoms with E-state index in [0.29, 0.717) is 12.6 Å². The van der Waals surface area contributed by atoms with Gasteiger partial charge in [0, 0.05) is 32.4 Å². The van der Waals surface area contributed by atoms with Crippen molar-refractivity contribution < 1.29 is 4.74 Å². The topological polar surface area (TPSA) is 67.3 Å². The number of anilines is 2. The number of piperazine rings is 1. The third kappa shape index (κ3) is 3.33. The molecule has 1 aliphatic rings. The molecule has 0 aliphatic carbocycles. The standard InChI is InChI=1S/C16H22N6O/c1-4-23-14-6-5-7-17-15(14)21-8-10-22(11-9-21)16-18-12(2)13(3)19-20-16/h5-7H,4,8-11H2,1-3H3. The van der Waals surface area contributed by atoms with Crippen LogP contribution in [0, 0.1) is 13.8 Å². The Morgan fingerprint density at radius 3 is 2.48 bits per heavy atom. The maximum absolute atomic E-state index is 5.68. The summed E-state index contributed by atoms with van der Waals surface area (Å²) < 4.78 is 5.68. The molecule has 0 unspecified atom stereocenters. The highest BCUT2D eigenvalue weighted by Gasteiger charge is 2.22. The molecular weight excluding hydrogens is 292 g/mol.